The molecule has 0 atom stereocenters. The second-order valence-electron chi connectivity index (χ2n) is 5.46. The van der Waals surface area contributed by atoms with E-state index in [0.717, 1.165) is 16.6 Å². The van der Waals surface area contributed by atoms with Crippen LogP contribution in [0.1, 0.15) is 43.4 Å². The monoisotopic (exact) mass is 386 g/mol. The molecule has 102 valence electrons. The molecule has 3 heteroatoms. The lowest BCUT2D eigenvalue weighted by atomic mass is 10.0. The highest BCUT2D eigenvalue weighted by Crippen LogP contribution is 2.41. The second-order valence-corrected chi connectivity index (χ2v) is 8.02. The summed E-state index contributed by atoms with van der Waals surface area (Å²) < 4.78 is 7.30. The van der Waals surface area contributed by atoms with E-state index in [1.165, 1.54) is 51.5 Å². The Morgan fingerprint density at radius 2 is 1.89 bits per heavy atom. The summed E-state index contributed by atoms with van der Waals surface area (Å²) in [5, 5.41) is 2.10. The zero-order chi connectivity index (χ0) is 13.4. The van der Waals surface area contributed by atoms with Gasteiger partial charge in [0.2, 0.25) is 0 Å². The summed E-state index contributed by atoms with van der Waals surface area (Å²) >= 11 is 4.45. The van der Waals surface area contributed by atoms with E-state index in [-0.39, 0.29) is 0 Å². The van der Waals surface area contributed by atoms with Crippen molar-refractivity contribution in [1.29, 1.82) is 0 Å². The molecule has 0 N–H and O–H groups in total. The number of thioether (sulfide) groups is 1. The quantitative estimate of drug-likeness (QED) is 0.581. The summed E-state index contributed by atoms with van der Waals surface area (Å²) in [7, 11) is 0. The highest BCUT2D eigenvalue weighted by atomic mass is 127. The van der Waals surface area contributed by atoms with Crippen molar-refractivity contribution >= 4 is 45.3 Å². The number of halogens is 1. The van der Waals surface area contributed by atoms with Crippen LogP contribution in [0.3, 0.4) is 0 Å². The maximum Gasteiger partial charge on any atom is 0.138 e. The fraction of sp³-hybridized carbons (Fsp3) is 0.500. The molecular formula is C16H19IOS. The van der Waals surface area contributed by atoms with E-state index in [1.54, 1.807) is 0 Å². The molecule has 1 aliphatic rings. The number of benzene rings is 1. The van der Waals surface area contributed by atoms with Crippen LogP contribution in [0.5, 0.6) is 0 Å². The maximum atomic E-state index is 6.00. The molecule has 2 aromatic rings. The number of furan rings is 1. The third-order valence-corrected chi connectivity index (χ3v) is 6.07. The van der Waals surface area contributed by atoms with Crippen molar-refractivity contribution in [3.05, 3.63) is 27.0 Å². The SMILES string of the molecule is Cc1oc2c(C)cc(I)cc2c1SC1CCCCC1. The molecular weight excluding hydrogens is 367 g/mol. The molecule has 1 heterocycles. The van der Waals surface area contributed by atoms with E-state index in [0.29, 0.717) is 0 Å². The number of hydrogen-bond donors (Lipinski definition) is 0. The number of hydrogen-bond acceptors (Lipinski definition) is 2. The second kappa shape index (κ2) is 5.68. The summed E-state index contributed by atoms with van der Waals surface area (Å²) in [6.45, 7) is 4.25. The Hall–Kier alpha value is -0.160. The number of fused-ring (bicyclic) bond motifs is 1. The van der Waals surface area contributed by atoms with Crippen LogP contribution in [0.4, 0.5) is 0 Å². The fourth-order valence-electron chi connectivity index (χ4n) is 2.92. The van der Waals surface area contributed by atoms with Gasteiger partial charge in [-0.15, -0.1) is 11.8 Å². The smallest absolute Gasteiger partial charge is 0.138 e. The predicted molar refractivity (Wildman–Crippen MR) is 91.1 cm³/mol. The normalized spacial score (nSPS) is 17.2. The molecule has 0 bridgehead atoms. The molecule has 0 saturated heterocycles. The van der Waals surface area contributed by atoms with Crippen LogP contribution in [0, 0.1) is 17.4 Å². The van der Waals surface area contributed by atoms with Gasteiger partial charge in [-0.2, -0.15) is 0 Å². The molecule has 0 radical (unpaired) electrons. The molecule has 1 saturated carbocycles. The Morgan fingerprint density at radius 1 is 1.16 bits per heavy atom. The van der Waals surface area contributed by atoms with E-state index in [4.69, 9.17) is 4.42 Å². The van der Waals surface area contributed by atoms with Gasteiger partial charge in [0.15, 0.2) is 0 Å². The van der Waals surface area contributed by atoms with Crippen molar-refractivity contribution in [2.75, 3.05) is 0 Å². The van der Waals surface area contributed by atoms with Crippen molar-refractivity contribution in [2.24, 2.45) is 0 Å². The summed E-state index contributed by atoms with van der Waals surface area (Å²) in [5.74, 6) is 1.09. The van der Waals surface area contributed by atoms with Gasteiger partial charge in [-0.05, 0) is 67.0 Å². The largest absolute Gasteiger partial charge is 0.460 e. The minimum Gasteiger partial charge on any atom is -0.460 e. The first-order chi connectivity index (χ1) is 9.15. The molecule has 19 heavy (non-hydrogen) atoms. The first-order valence-electron chi connectivity index (χ1n) is 7.01. The van der Waals surface area contributed by atoms with Crippen molar-refractivity contribution in [1.82, 2.24) is 0 Å². The zero-order valence-corrected chi connectivity index (χ0v) is 14.4. The lowest BCUT2D eigenvalue weighted by Crippen LogP contribution is -2.07. The molecule has 0 spiro atoms. The topological polar surface area (TPSA) is 13.1 Å². The van der Waals surface area contributed by atoms with Gasteiger partial charge in [0.25, 0.3) is 0 Å². The van der Waals surface area contributed by atoms with E-state index < -0.39 is 0 Å². The third-order valence-electron chi connectivity index (χ3n) is 3.90. The van der Waals surface area contributed by atoms with Gasteiger partial charge in [-0.1, -0.05) is 19.3 Å². The van der Waals surface area contributed by atoms with Crippen molar-refractivity contribution in [2.45, 2.75) is 56.1 Å². The molecule has 1 fully saturated rings. The van der Waals surface area contributed by atoms with Gasteiger partial charge in [0.05, 0.1) is 4.90 Å². The molecule has 1 nitrogen and oxygen atoms in total. The lowest BCUT2D eigenvalue weighted by molar-refractivity contribution is 0.515. The van der Waals surface area contributed by atoms with Crippen molar-refractivity contribution < 1.29 is 4.42 Å². The van der Waals surface area contributed by atoms with Crippen LogP contribution < -0.4 is 0 Å². The number of rotatable bonds is 2. The summed E-state index contributed by atoms with van der Waals surface area (Å²) in [4.78, 5) is 1.38. The number of aryl methyl sites for hydroxylation is 2. The predicted octanol–water partition coefficient (Wildman–Crippen LogP) is 6.08. The van der Waals surface area contributed by atoms with Crippen LogP contribution >= 0.6 is 34.4 Å². The first kappa shape index (κ1) is 13.8. The van der Waals surface area contributed by atoms with E-state index >= 15 is 0 Å². The average Bonchev–Trinajstić information content (AvgIpc) is 2.69. The van der Waals surface area contributed by atoms with Crippen LogP contribution in [-0.4, -0.2) is 5.25 Å². The van der Waals surface area contributed by atoms with E-state index in [9.17, 15) is 0 Å². The van der Waals surface area contributed by atoms with Crippen LogP contribution in [0.2, 0.25) is 0 Å². The molecule has 3 rings (SSSR count). The highest BCUT2D eigenvalue weighted by molar-refractivity contribution is 14.1. The fourth-order valence-corrected chi connectivity index (χ4v) is 5.09. The molecule has 0 amide bonds. The van der Waals surface area contributed by atoms with Crippen molar-refractivity contribution in [3.8, 4) is 0 Å². The third kappa shape index (κ3) is 2.82. The van der Waals surface area contributed by atoms with Gasteiger partial charge in [-0.25, -0.2) is 0 Å². The van der Waals surface area contributed by atoms with Gasteiger partial charge >= 0.3 is 0 Å². The first-order valence-corrected chi connectivity index (χ1v) is 8.97. The average molecular weight is 386 g/mol. The Bertz CT molecular complexity index is 596. The summed E-state index contributed by atoms with van der Waals surface area (Å²) in [6, 6.07) is 4.46. The Kier molecular flexibility index (Phi) is 4.13. The molecule has 1 aliphatic carbocycles. The zero-order valence-electron chi connectivity index (χ0n) is 11.5. The van der Waals surface area contributed by atoms with Crippen LogP contribution in [-0.2, 0) is 0 Å². The maximum absolute atomic E-state index is 6.00. The van der Waals surface area contributed by atoms with E-state index in [1.807, 2.05) is 11.8 Å². The van der Waals surface area contributed by atoms with Crippen LogP contribution in [0.25, 0.3) is 11.0 Å². The highest BCUT2D eigenvalue weighted by Gasteiger charge is 2.20. The van der Waals surface area contributed by atoms with Gasteiger partial charge in [-0.3, -0.25) is 0 Å². The Labute approximate surface area is 132 Å². The molecule has 0 aliphatic heterocycles. The lowest BCUT2D eigenvalue weighted by Gasteiger charge is -2.20. The standard InChI is InChI=1S/C16H19IOS/c1-10-8-12(17)9-14-15(10)18-11(2)16(14)19-13-6-4-3-5-7-13/h8-9,13H,3-7H2,1-2H3. The summed E-state index contributed by atoms with van der Waals surface area (Å²) in [6.07, 6.45) is 6.92. The van der Waals surface area contributed by atoms with Crippen molar-refractivity contribution in [3.63, 3.8) is 0 Å². The molecule has 0 unspecified atom stereocenters. The molecule has 1 aromatic carbocycles. The Balaban J connectivity index is 1.99. The van der Waals surface area contributed by atoms with Crippen LogP contribution in [0.15, 0.2) is 21.4 Å². The van der Waals surface area contributed by atoms with E-state index in [2.05, 4.69) is 48.6 Å². The summed E-state index contributed by atoms with van der Waals surface area (Å²) in [5.41, 5.74) is 2.33. The minimum atomic E-state index is 0.784. The Morgan fingerprint density at radius 3 is 2.63 bits per heavy atom. The van der Waals surface area contributed by atoms with Gasteiger partial charge < -0.3 is 4.42 Å². The molecule has 1 aromatic heterocycles. The minimum absolute atomic E-state index is 0.784. The van der Waals surface area contributed by atoms with Gasteiger partial charge in [0, 0.05) is 14.2 Å². The van der Waals surface area contributed by atoms with Gasteiger partial charge in [0.1, 0.15) is 11.3 Å².